The lowest BCUT2D eigenvalue weighted by Crippen LogP contribution is -2.25. The van der Waals surface area contributed by atoms with Gasteiger partial charge in [0, 0.05) is 38.2 Å². The third-order valence-corrected chi connectivity index (χ3v) is 5.51. The molecule has 0 N–H and O–H groups in total. The minimum atomic E-state index is -0.0221. The highest BCUT2D eigenvalue weighted by atomic mass is 16.5. The molecule has 0 saturated heterocycles. The summed E-state index contributed by atoms with van der Waals surface area (Å²) in [6.07, 6.45) is 1.62. The van der Waals surface area contributed by atoms with Crippen molar-refractivity contribution in [3.8, 4) is 5.75 Å². The molecule has 28 heavy (non-hydrogen) atoms. The number of aromatic nitrogens is 2. The lowest BCUT2D eigenvalue weighted by atomic mass is 9.93. The maximum absolute atomic E-state index is 12.9. The van der Waals surface area contributed by atoms with Gasteiger partial charge < -0.3 is 14.2 Å². The Kier molecular flexibility index (Phi) is 4.61. The zero-order valence-corrected chi connectivity index (χ0v) is 17.2. The summed E-state index contributed by atoms with van der Waals surface area (Å²) in [5, 5.41) is 0. The Bertz CT molecular complexity index is 1040. The molecule has 0 aliphatic carbocycles. The normalized spacial score (nSPS) is 16.1. The van der Waals surface area contributed by atoms with Crippen molar-refractivity contribution in [2.24, 2.45) is 7.05 Å². The third-order valence-electron chi connectivity index (χ3n) is 5.51. The van der Waals surface area contributed by atoms with E-state index in [1.54, 1.807) is 19.0 Å². The monoisotopic (exact) mass is 377 g/mol. The van der Waals surface area contributed by atoms with E-state index in [0.717, 1.165) is 52.1 Å². The minimum absolute atomic E-state index is 0.00667. The average molecular weight is 377 g/mol. The van der Waals surface area contributed by atoms with Gasteiger partial charge in [-0.3, -0.25) is 4.79 Å². The van der Waals surface area contributed by atoms with E-state index in [2.05, 4.69) is 30.5 Å². The van der Waals surface area contributed by atoms with Crippen LogP contribution in [-0.2, 0) is 13.5 Å². The first-order chi connectivity index (χ1) is 13.4. The quantitative estimate of drug-likeness (QED) is 0.677. The van der Waals surface area contributed by atoms with Crippen LogP contribution in [0.5, 0.6) is 5.75 Å². The van der Waals surface area contributed by atoms with Crippen LogP contribution in [-0.4, -0.2) is 34.5 Å². The molecule has 1 aliphatic rings. The van der Waals surface area contributed by atoms with Gasteiger partial charge in [-0.05, 0) is 24.5 Å². The number of nitrogens with zero attached hydrogens (tertiary/aromatic N) is 3. The van der Waals surface area contributed by atoms with Crippen molar-refractivity contribution in [1.29, 1.82) is 0 Å². The van der Waals surface area contributed by atoms with Crippen LogP contribution in [0.15, 0.2) is 36.4 Å². The molecule has 0 saturated carbocycles. The van der Waals surface area contributed by atoms with E-state index in [9.17, 15) is 4.79 Å². The summed E-state index contributed by atoms with van der Waals surface area (Å²) < 4.78 is 8.59. The molecule has 1 aliphatic heterocycles. The lowest BCUT2D eigenvalue weighted by Gasteiger charge is -2.28. The molecule has 1 amide bonds. The highest BCUT2D eigenvalue weighted by Gasteiger charge is 2.30. The van der Waals surface area contributed by atoms with Crippen LogP contribution < -0.4 is 4.74 Å². The third kappa shape index (κ3) is 2.95. The number of rotatable bonds is 3. The van der Waals surface area contributed by atoms with E-state index in [-0.39, 0.29) is 17.9 Å². The topological polar surface area (TPSA) is 47.4 Å². The van der Waals surface area contributed by atoms with E-state index >= 15 is 0 Å². The van der Waals surface area contributed by atoms with Gasteiger partial charge in [-0.25, -0.2) is 4.98 Å². The Morgan fingerprint density at radius 1 is 1.25 bits per heavy atom. The van der Waals surface area contributed by atoms with E-state index < -0.39 is 0 Å². The van der Waals surface area contributed by atoms with Crippen LogP contribution in [0.1, 0.15) is 59.6 Å². The molecule has 0 radical (unpaired) electrons. The summed E-state index contributed by atoms with van der Waals surface area (Å²) in [7, 11) is 5.59. The number of benzene rings is 2. The number of fused-ring (bicyclic) bond motifs is 3. The van der Waals surface area contributed by atoms with Gasteiger partial charge >= 0.3 is 0 Å². The molecule has 1 atom stereocenters. The molecule has 5 heteroatoms. The van der Waals surface area contributed by atoms with Gasteiger partial charge in [0.1, 0.15) is 17.4 Å². The van der Waals surface area contributed by atoms with Gasteiger partial charge in [0.2, 0.25) is 0 Å². The van der Waals surface area contributed by atoms with Crippen LogP contribution >= 0.6 is 0 Å². The first-order valence-electron chi connectivity index (χ1n) is 9.84. The number of carbonyl (C=O) groups is 1. The number of ether oxygens (including phenoxy) is 1. The molecule has 146 valence electrons. The fraction of sp³-hybridized carbons (Fsp3) is 0.391. The van der Waals surface area contributed by atoms with Crippen LogP contribution in [0.25, 0.3) is 11.0 Å². The fourth-order valence-corrected chi connectivity index (χ4v) is 4.05. The molecule has 2 aromatic carbocycles. The molecule has 2 heterocycles. The molecular formula is C23H27N3O2. The van der Waals surface area contributed by atoms with Gasteiger partial charge in [-0.2, -0.15) is 0 Å². The van der Waals surface area contributed by atoms with Crippen molar-refractivity contribution in [3.63, 3.8) is 0 Å². The van der Waals surface area contributed by atoms with E-state index in [1.165, 1.54) is 0 Å². The van der Waals surface area contributed by atoms with Gasteiger partial charge in [0.25, 0.3) is 5.91 Å². The average Bonchev–Trinajstić information content (AvgIpc) is 3.04. The van der Waals surface area contributed by atoms with E-state index in [4.69, 9.17) is 9.72 Å². The molecular weight excluding hydrogens is 350 g/mol. The summed E-state index contributed by atoms with van der Waals surface area (Å²) >= 11 is 0. The summed E-state index contributed by atoms with van der Waals surface area (Å²) in [4.78, 5) is 19.4. The number of hydrogen-bond acceptors (Lipinski definition) is 3. The van der Waals surface area contributed by atoms with Crippen molar-refractivity contribution < 1.29 is 9.53 Å². The summed E-state index contributed by atoms with van der Waals surface area (Å²) in [6.45, 7) is 4.26. The number of hydrogen-bond donors (Lipinski definition) is 0. The standard InChI is InChI=1S/C23H27N3O2/c1-14(2)22-24-20-18(26(22)5)13-17(23(27)25(3)4)16-11-12-19(28-21(16)20)15-9-7-6-8-10-15/h6-10,13-14,19H,11-12H2,1-5H3. The van der Waals surface area contributed by atoms with Crippen molar-refractivity contribution in [3.05, 3.63) is 58.9 Å². The van der Waals surface area contributed by atoms with Crippen molar-refractivity contribution in [1.82, 2.24) is 14.5 Å². The Morgan fingerprint density at radius 3 is 2.61 bits per heavy atom. The van der Waals surface area contributed by atoms with Crippen LogP contribution in [0, 0.1) is 0 Å². The van der Waals surface area contributed by atoms with Crippen molar-refractivity contribution >= 4 is 16.9 Å². The Hall–Kier alpha value is -2.82. The van der Waals surface area contributed by atoms with Gasteiger partial charge in [-0.1, -0.05) is 44.2 Å². The molecule has 0 fully saturated rings. The molecule has 3 aromatic rings. The minimum Gasteiger partial charge on any atom is -0.483 e. The van der Waals surface area contributed by atoms with Crippen LogP contribution in [0.2, 0.25) is 0 Å². The highest BCUT2D eigenvalue weighted by Crippen LogP contribution is 2.42. The molecule has 4 rings (SSSR count). The lowest BCUT2D eigenvalue weighted by molar-refractivity contribution is 0.0823. The second-order valence-corrected chi connectivity index (χ2v) is 8.04. The van der Waals surface area contributed by atoms with Crippen molar-refractivity contribution in [2.75, 3.05) is 14.1 Å². The highest BCUT2D eigenvalue weighted by molar-refractivity contribution is 6.01. The Balaban J connectivity index is 1.92. The number of aryl methyl sites for hydroxylation is 1. The first-order valence-corrected chi connectivity index (χ1v) is 9.84. The summed E-state index contributed by atoms with van der Waals surface area (Å²) in [5.41, 5.74) is 4.66. The summed E-state index contributed by atoms with van der Waals surface area (Å²) in [6, 6.07) is 12.3. The zero-order chi connectivity index (χ0) is 20.0. The van der Waals surface area contributed by atoms with Crippen LogP contribution in [0.4, 0.5) is 0 Å². The largest absolute Gasteiger partial charge is 0.483 e. The van der Waals surface area contributed by atoms with E-state index in [0.29, 0.717) is 0 Å². The predicted molar refractivity (Wildman–Crippen MR) is 111 cm³/mol. The van der Waals surface area contributed by atoms with E-state index in [1.807, 2.05) is 31.3 Å². The molecule has 1 aromatic heterocycles. The SMILES string of the molecule is CC(C)c1nc2c3c(c(C(=O)N(C)C)cc2n1C)CCC(c1ccccc1)O3. The second-order valence-electron chi connectivity index (χ2n) is 8.04. The fourth-order valence-electron chi connectivity index (χ4n) is 4.05. The maximum Gasteiger partial charge on any atom is 0.253 e. The molecule has 0 spiro atoms. The van der Waals surface area contributed by atoms with Gasteiger partial charge in [-0.15, -0.1) is 0 Å². The Labute approximate surface area is 165 Å². The first kappa shape index (κ1) is 18.5. The smallest absolute Gasteiger partial charge is 0.253 e. The molecule has 1 unspecified atom stereocenters. The number of imidazole rings is 1. The molecule has 5 nitrogen and oxygen atoms in total. The van der Waals surface area contributed by atoms with Crippen LogP contribution in [0.3, 0.4) is 0 Å². The number of carbonyl (C=O) groups excluding carboxylic acids is 1. The molecule has 0 bridgehead atoms. The predicted octanol–water partition coefficient (Wildman–Crippen LogP) is 4.46. The zero-order valence-electron chi connectivity index (χ0n) is 17.2. The Morgan fingerprint density at radius 2 is 1.96 bits per heavy atom. The summed E-state index contributed by atoms with van der Waals surface area (Å²) in [5.74, 6) is 2.06. The number of amides is 1. The van der Waals surface area contributed by atoms with Gasteiger partial charge in [0.05, 0.1) is 5.52 Å². The maximum atomic E-state index is 12.9. The van der Waals surface area contributed by atoms with Gasteiger partial charge in [0.15, 0.2) is 5.75 Å². The van der Waals surface area contributed by atoms with Crippen molar-refractivity contribution in [2.45, 2.75) is 38.7 Å². The second kappa shape index (κ2) is 6.97.